The highest BCUT2D eigenvalue weighted by Gasteiger charge is 2.63. The summed E-state index contributed by atoms with van der Waals surface area (Å²) in [6.07, 6.45) is 13.9. The van der Waals surface area contributed by atoms with Crippen LogP contribution in [0.3, 0.4) is 0 Å². The van der Waals surface area contributed by atoms with Crippen LogP contribution in [0.4, 0.5) is 0 Å². The van der Waals surface area contributed by atoms with E-state index in [0.717, 1.165) is 38.5 Å². The fourth-order valence-electron chi connectivity index (χ4n) is 3.82. The molecule has 2 aliphatic rings. The molecular formula is C17H28O3. The molecule has 1 aliphatic carbocycles. The van der Waals surface area contributed by atoms with Crippen molar-refractivity contribution >= 4 is 11.9 Å². The van der Waals surface area contributed by atoms with Gasteiger partial charge in [-0.15, -0.1) is 0 Å². The van der Waals surface area contributed by atoms with E-state index in [0.29, 0.717) is 0 Å². The van der Waals surface area contributed by atoms with Gasteiger partial charge in [0.15, 0.2) is 5.41 Å². The van der Waals surface area contributed by atoms with Gasteiger partial charge < -0.3 is 4.74 Å². The van der Waals surface area contributed by atoms with Crippen molar-refractivity contribution in [1.29, 1.82) is 0 Å². The molecule has 1 aliphatic heterocycles. The van der Waals surface area contributed by atoms with E-state index in [1.54, 1.807) is 0 Å². The first kappa shape index (κ1) is 15.5. The van der Waals surface area contributed by atoms with Gasteiger partial charge in [0.1, 0.15) is 0 Å². The van der Waals surface area contributed by atoms with E-state index in [4.69, 9.17) is 0 Å². The lowest BCUT2D eigenvalue weighted by atomic mass is 9.62. The van der Waals surface area contributed by atoms with Crippen LogP contribution in [0, 0.1) is 11.3 Å². The molecule has 1 heterocycles. The third kappa shape index (κ3) is 3.07. The van der Waals surface area contributed by atoms with Gasteiger partial charge in [0.2, 0.25) is 0 Å². The fraction of sp³-hybridized carbons (Fsp3) is 0.882. The van der Waals surface area contributed by atoms with Gasteiger partial charge in [0, 0.05) is 0 Å². The summed E-state index contributed by atoms with van der Waals surface area (Å²) in [7, 11) is 0. The molecule has 114 valence electrons. The molecule has 0 bridgehead atoms. The summed E-state index contributed by atoms with van der Waals surface area (Å²) >= 11 is 0. The molecule has 0 aromatic heterocycles. The van der Waals surface area contributed by atoms with Crippen LogP contribution in [-0.4, -0.2) is 11.9 Å². The first-order chi connectivity index (χ1) is 9.71. The summed E-state index contributed by atoms with van der Waals surface area (Å²) < 4.78 is 4.66. The lowest BCUT2D eigenvalue weighted by Crippen LogP contribution is -2.58. The van der Waals surface area contributed by atoms with Gasteiger partial charge >= 0.3 is 11.9 Å². The average molecular weight is 280 g/mol. The number of hydrogen-bond acceptors (Lipinski definition) is 3. The number of esters is 2. The van der Waals surface area contributed by atoms with E-state index < -0.39 is 5.41 Å². The van der Waals surface area contributed by atoms with Crippen LogP contribution in [-0.2, 0) is 14.3 Å². The predicted molar refractivity (Wildman–Crippen MR) is 78.1 cm³/mol. The van der Waals surface area contributed by atoms with Gasteiger partial charge in [-0.2, -0.15) is 0 Å². The monoisotopic (exact) mass is 280 g/mol. The number of ether oxygens (including phenoxy) is 1. The summed E-state index contributed by atoms with van der Waals surface area (Å²) in [5.41, 5.74) is -0.722. The van der Waals surface area contributed by atoms with Gasteiger partial charge in [0.05, 0.1) is 0 Å². The molecule has 2 rings (SSSR count). The Morgan fingerprint density at radius 3 is 2.30 bits per heavy atom. The maximum absolute atomic E-state index is 11.8. The zero-order valence-electron chi connectivity index (χ0n) is 12.8. The van der Waals surface area contributed by atoms with E-state index in [2.05, 4.69) is 11.7 Å². The van der Waals surface area contributed by atoms with E-state index in [9.17, 15) is 9.59 Å². The fourth-order valence-corrected chi connectivity index (χ4v) is 3.82. The van der Waals surface area contributed by atoms with Gasteiger partial charge in [-0.25, -0.2) is 0 Å². The van der Waals surface area contributed by atoms with E-state index in [1.165, 1.54) is 38.5 Å². The van der Waals surface area contributed by atoms with Crippen molar-refractivity contribution in [3.63, 3.8) is 0 Å². The minimum Gasteiger partial charge on any atom is -0.391 e. The number of cyclic esters (lactones) is 2. The van der Waals surface area contributed by atoms with Crippen LogP contribution in [0.2, 0.25) is 0 Å². The second kappa shape index (κ2) is 7.24. The molecule has 1 atom stereocenters. The predicted octanol–water partition coefficient (Wildman–Crippen LogP) is 4.39. The number of carbonyl (C=O) groups is 2. The average Bonchev–Trinajstić information content (AvgIpc) is 2.47. The largest absolute Gasteiger partial charge is 0.391 e. The number of unbranched alkanes of at least 4 members (excludes halogenated alkanes) is 6. The smallest absolute Gasteiger partial charge is 0.331 e. The zero-order valence-corrected chi connectivity index (χ0v) is 12.8. The molecule has 20 heavy (non-hydrogen) atoms. The zero-order chi connectivity index (χ0) is 14.4. The summed E-state index contributed by atoms with van der Waals surface area (Å²) in [5, 5.41) is 0. The number of hydrogen-bond donors (Lipinski definition) is 0. The lowest BCUT2D eigenvalue weighted by molar-refractivity contribution is -0.206. The third-order valence-electron chi connectivity index (χ3n) is 5.14. The molecule has 0 amide bonds. The highest BCUT2D eigenvalue weighted by atomic mass is 16.6. The van der Waals surface area contributed by atoms with E-state index in [1.807, 2.05) is 0 Å². The second-order valence-electron chi connectivity index (χ2n) is 6.50. The molecule has 1 unspecified atom stereocenters. The minimum absolute atomic E-state index is 0.241. The Balaban J connectivity index is 1.71. The maximum Gasteiger partial charge on any atom is 0.331 e. The molecular weight excluding hydrogens is 252 g/mol. The Hall–Kier alpha value is -0.860. The lowest BCUT2D eigenvalue weighted by Gasteiger charge is -2.45. The Morgan fingerprint density at radius 1 is 1.00 bits per heavy atom. The summed E-state index contributed by atoms with van der Waals surface area (Å²) in [4.78, 5) is 23.6. The Labute approximate surface area is 122 Å². The topological polar surface area (TPSA) is 43.4 Å². The molecule has 1 spiro atoms. The van der Waals surface area contributed by atoms with Gasteiger partial charge in [0.25, 0.3) is 0 Å². The third-order valence-corrected chi connectivity index (χ3v) is 5.14. The van der Waals surface area contributed by atoms with Crippen molar-refractivity contribution < 1.29 is 14.3 Å². The first-order valence-electron chi connectivity index (χ1n) is 8.48. The molecule has 3 heteroatoms. The maximum atomic E-state index is 11.8. The molecule has 0 radical (unpaired) electrons. The molecule has 1 saturated carbocycles. The Kier molecular flexibility index (Phi) is 5.62. The molecule has 1 saturated heterocycles. The van der Waals surface area contributed by atoms with Crippen LogP contribution in [0.15, 0.2) is 0 Å². The molecule has 2 fully saturated rings. The van der Waals surface area contributed by atoms with Crippen LogP contribution in [0.1, 0.15) is 84.0 Å². The SMILES string of the molecule is CCCCCCCCCC1CCCCC12C(=O)OC2=O. The van der Waals surface area contributed by atoms with Gasteiger partial charge in [-0.05, 0) is 25.2 Å². The van der Waals surface area contributed by atoms with Crippen LogP contribution in [0.5, 0.6) is 0 Å². The van der Waals surface area contributed by atoms with Crippen molar-refractivity contribution in [2.45, 2.75) is 84.0 Å². The van der Waals surface area contributed by atoms with Gasteiger partial charge in [-0.3, -0.25) is 9.59 Å². The minimum atomic E-state index is -0.722. The molecule has 0 N–H and O–H groups in total. The Morgan fingerprint density at radius 2 is 1.65 bits per heavy atom. The summed E-state index contributed by atoms with van der Waals surface area (Å²) in [6, 6.07) is 0. The van der Waals surface area contributed by atoms with Crippen LogP contribution in [0.25, 0.3) is 0 Å². The molecule has 3 nitrogen and oxygen atoms in total. The molecule has 0 aromatic rings. The highest BCUT2D eigenvalue weighted by Crippen LogP contribution is 2.50. The second-order valence-corrected chi connectivity index (χ2v) is 6.50. The standard InChI is InChI=1S/C17H28O3/c1-2-3-4-5-6-7-8-11-14-12-9-10-13-17(14)15(18)20-16(17)19/h14H,2-13H2,1H3. The van der Waals surface area contributed by atoms with E-state index >= 15 is 0 Å². The van der Waals surface area contributed by atoms with Crippen LogP contribution < -0.4 is 0 Å². The van der Waals surface area contributed by atoms with E-state index in [-0.39, 0.29) is 17.9 Å². The summed E-state index contributed by atoms with van der Waals surface area (Å²) in [6.45, 7) is 2.23. The number of rotatable bonds is 8. The highest BCUT2D eigenvalue weighted by molar-refractivity contribution is 6.14. The Bertz CT molecular complexity index is 334. The summed E-state index contributed by atoms with van der Waals surface area (Å²) in [5.74, 6) is -0.231. The first-order valence-corrected chi connectivity index (χ1v) is 8.48. The normalized spacial score (nSPS) is 24.6. The van der Waals surface area contributed by atoms with Crippen molar-refractivity contribution in [3.8, 4) is 0 Å². The van der Waals surface area contributed by atoms with Gasteiger partial charge in [-0.1, -0.05) is 64.7 Å². The van der Waals surface area contributed by atoms with Crippen molar-refractivity contribution in [2.24, 2.45) is 11.3 Å². The van der Waals surface area contributed by atoms with Crippen molar-refractivity contribution in [3.05, 3.63) is 0 Å². The van der Waals surface area contributed by atoms with Crippen molar-refractivity contribution in [1.82, 2.24) is 0 Å². The quantitative estimate of drug-likeness (QED) is 0.376. The molecule has 0 aromatic carbocycles. The van der Waals surface area contributed by atoms with Crippen molar-refractivity contribution in [2.75, 3.05) is 0 Å². The van der Waals surface area contributed by atoms with Crippen LogP contribution >= 0.6 is 0 Å². The number of carbonyl (C=O) groups excluding carboxylic acids is 2.